The van der Waals surface area contributed by atoms with Gasteiger partial charge in [0.05, 0.1) is 0 Å². The zero-order valence-electron chi connectivity index (χ0n) is 8.57. The lowest BCUT2D eigenvalue weighted by Crippen LogP contribution is -2.10. The molecule has 0 unspecified atom stereocenters. The highest BCUT2D eigenvalue weighted by molar-refractivity contribution is 5.86. The molecular formula is C13H16O. The van der Waals surface area contributed by atoms with Crippen LogP contribution in [0.4, 0.5) is 0 Å². The number of hydrogen-bond acceptors (Lipinski definition) is 1. The average Bonchev–Trinajstić information content (AvgIpc) is 2.21. The van der Waals surface area contributed by atoms with Gasteiger partial charge in [-0.05, 0) is 12.0 Å². The minimum absolute atomic E-state index is 0.0363. The van der Waals surface area contributed by atoms with Gasteiger partial charge in [-0.3, -0.25) is 4.79 Å². The van der Waals surface area contributed by atoms with Gasteiger partial charge < -0.3 is 0 Å². The number of Topliss-reactive ketones (excluding diaryl/α,β-unsaturated/α-hetero) is 1. The summed E-state index contributed by atoms with van der Waals surface area (Å²) in [5.74, 6) is 0.294. The van der Waals surface area contributed by atoms with Crippen LogP contribution in [0, 0.1) is 0 Å². The topological polar surface area (TPSA) is 17.1 Å². The summed E-state index contributed by atoms with van der Waals surface area (Å²) in [7, 11) is 0. The zero-order valence-corrected chi connectivity index (χ0v) is 8.57. The molecule has 1 aromatic rings. The lowest BCUT2D eigenvalue weighted by molar-refractivity contribution is -0.119. The second-order valence-electron chi connectivity index (χ2n) is 3.33. The zero-order chi connectivity index (χ0) is 10.4. The normalized spacial score (nSPS) is 12.1. The highest BCUT2D eigenvalue weighted by atomic mass is 16.1. The predicted molar refractivity (Wildman–Crippen MR) is 59.3 cm³/mol. The second-order valence-corrected chi connectivity index (χ2v) is 3.33. The van der Waals surface area contributed by atoms with Crippen LogP contribution in [0.5, 0.6) is 0 Å². The van der Waals surface area contributed by atoms with Gasteiger partial charge in [-0.25, -0.2) is 0 Å². The van der Waals surface area contributed by atoms with E-state index < -0.39 is 0 Å². The molecule has 1 nitrogen and oxygen atoms in total. The van der Waals surface area contributed by atoms with Crippen LogP contribution >= 0.6 is 0 Å². The molecule has 1 aromatic carbocycles. The van der Waals surface area contributed by atoms with Crippen LogP contribution in [0.1, 0.15) is 31.2 Å². The molecule has 0 N–H and O–H groups in total. The Labute approximate surface area is 85.5 Å². The minimum Gasteiger partial charge on any atom is -0.299 e. The van der Waals surface area contributed by atoms with Crippen LogP contribution < -0.4 is 0 Å². The highest BCUT2D eigenvalue weighted by Crippen LogP contribution is 2.21. The van der Waals surface area contributed by atoms with Crippen molar-refractivity contribution >= 4 is 5.78 Å². The number of benzene rings is 1. The van der Waals surface area contributed by atoms with Crippen molar-refractivity contribution in [1.82, 2.24) is 0 Å². The van der Waals surface area contributed by atoms with Gasteiger partial charge in [0.25, 0.3) is 0 Å². The number of allylic oxidation sites excluding steroid dienone is 1. The molecule has 0 spiro atoms. The quantitative estimate of drug-likeness (QED) is 0.648. The maximum absolute atomic E-state index is 11.7. The van der Waals surface area contributed by atoms with Crippen molar-refractivity contribution in [1.29, 1.82) is 0 Å². The Morgan fingerprint density at radius 1 is 1.43 bits per heavy atom. The fourth-order valence-electron chi connectivity index (χ4n) is 1.62. The van der Waals surface area contributed by atoms with Crippen LogP contribution in [0.15, 0.2) is 43.0 Å². The summed E-state index contributed by atoms with van der Waals surface area (Å²) in [6.07, 6.45) is 3.00. The molecule has 0 heterocycles. The van der Waals surface area contributed by atoms with Crippen LogP contribution in [0.2, 0.25) is 0 Å². The third-order valence-electron chi connectivity index (χ3n) is 2.34. The van der Waals surface area contributed by atoms with Crippen molar-refractivity contribution in [2.75, 3.05) is 0 Å². The van der Waals surface area contributed by atoms with E-state index in [1.807, 2.05) is 37.3 Å². The number of carbonyl (C=O) groups excluding carboxylic acids is 1. The van der Waals surface area contributed by atoms with Crippen LogP contribution in [-0.2, 0) is 4.79 Å². The summed E-state index contributed by atoms with van der Waals surface area (Å²) >= 11 is 0. The van der Waals surface area contributed by atoms with Gasteiger partial charge in [-0.15, -0.1) is 6.58 Å². The maximum atomic E-state index is 11.7. The average molecular weight is 188 g/mol. The van der Waals surface area contributed by atoms with E-state index in [0.29, 0.717) is 6.42 Å². The lowest BCUT2D eigenvalue weighted by atomic mass is 9.91. The second kappa shape index (κ2) is 5.38. The van der Waals surface area contributed by atoms with E-state index >= 15 is 0 Å². The summed E-state index contributed by atoms with van der Waals surface area (Å²) in [6, 6.07) is 9.93. The Hall–Kier alpha value is -1.37. The minimum atomic E-state index is 0.0363. The van der Waals surface area contributed by atoms with E-state index in [9.17, 15) is 4.79 Å². The maximum Gasteiger partial charge on any atom is 0.144 e. The molecule has 1 heteroatoms. The van der Waals surface area contributed by atoms with E-state index in [0.717, 1.165) is 12.0 Å². The first-order chi connectivity index (χ1) is 6.79. The van der Waals surface area contributed by atoms with Crippen molar-refractivity contribution in [3.8, 4) is 0 Å². The first-order valence-electron chi connectivity index (χ1n) is 4.98. The largest absolute Gasteiger partial charge is 0.299 e. The SMILES string of the molecule is C=CCC(=O)[C@H](CC)c1ccccc1. The molecule has 1 atom stereocenters. The monoisotopic (exact) mass is 188 g/mol. The fourth-order valence-corrected chi connectivity index (χ4v) is 1.62. The lowest BCUT2D eigenvalue weighted by Gasteiger charge is -2.12. The molecular weight excluding hydrogens is 172 g/mol. The molecule has 0 aliphatic heterocycles. The van der Waals surface area contributed by atoms with E-state index in [-0.39, 0.29) is 11.7 Å². The molecule has 0 amide bonds. The van der Waals surface area contributed by atoms with Crippen LogP contribution in [0.3, 0.4) is 0 Å². The summed E-state index contributed by atoms with van der Waals surface area (Å²) in [5, 5.41) is 0. The van der Waals surface area contributed by atoms with E-state index in [4.69, 9.17) is 0 Å². The van der Waals surface area contributed by atoms with Gasteiger partial charge in [0, 0.05) is 12.3 Å². The highest BCUT2D eigenvalue weighted by Gasteiger charge is 2.16. The molecule has 0 saturated heterocycles. The predicted octanol–water partition coefficient (Wildman–Crippen LogP) is 3.33. The third-order valence-corrected chi connectivity index (χ3v) is 2.34. The molecule has 1 rings (SSSR count). The first kappa shape index (κ1) is 10.7. The fraction of sp³-hybridized carbons (Fsp3) is 0.308. The molecule has 0 aliphatic rings. The number of carbonyl (C=O) groups is 1. The summed E-state index contributed by atoms with van der Waals surface area (Å²) in [4.78, 5) is 11.7. The van der Waals surface area contributed by atoms with Crippen LogP contribution in [-0.4, -0.2) is 5.78 Å². The number of ketones is 1. The Balaban J connectivity index is 2.82. The van der Waals surface area contributed by atoms with Crippen molar-refractivity contribution in [2.45, 2.75) is 25.7 Å². The number of hydrogen-bond donors (Lipinski definition) is 0. The Bertz CT molecular complexity index is 300. The molecule has 0 bridgehead atoms. The summed E-state index contributed by atoms with van der Waals surface area (Å²) < 4.78 is 0. The number of rotatable bonds is 5. The summed E-state index contributed by atoms with van der Waals surface area (Å²) in [6.45, 7) is 5.63. The molecule has 74 valence electrons. The first-order valence-corrected chi connectivity index (χ1v) is 4.98. The Morgan fingerprint density at radius 2 is 2.07 bits per heavy atom. The van der Waals surface area contributed by atoms with Gasteiger partial charge in [0.2, 0.25) is 0 Å². The standard InChI is InChI=1S/C13H16O/c1-3-8-13(14)12(4-2)11-9-6-5-7-10-11/h3,5-7,9-10,12H,1,4,8H2,2H3/t12-/m1/s1. The Morgan fingerprint density at radius 3 is 2.57 bits per heavy atom. The molecule has 0 aromatic heterocycles. The van der Waals surface area contributed by atoms with Gasteiger partial charge in [0.1, 0.15) is 5.78 Å². The van der Waals surface area contributed by atoms with Crippen molar-refractivity contribution < 1.29 is 4.79 Å². The molecule has 14 heavy (non-hydrogen) atoms. The Kier molecular flexibility index (Phi) is 4.11. The van der Waals surface area contributed by atoms with E-state index in [1.54, 1.807) is 6.08 Å². The summed E-state index contributed by atoms with van der Waals surface area (Å²) in [5.41, 5.74) is 1.11. The van der Waals surface area contributed by atoms with Crippen molar-refractivity contribution in [2.24, 2.45) is 0 Å². The molecule has 0 radical (unpaired) electrons. The van der Waals surface area contributed by atoms with Gasteiger partial charge in [0.15, 0.2) is 0 Å². The third kappa shape index (κ3) is 2.56. The molecule has 0 aliphatic carbocycles. The van der Waals surface area contributed by atoms with Gasteiger partial charge in [-0.1, -0.05) is 43.3 Å². The van der Waals surface area contributed by atoms with Gasteiger partial charge >= 0.3 is 0 Å². The smallest absolute Gasteiger partial charge is 0.144 e. The van der Waals surface area contributed by atoms with Crippen LogP contribution in [0.25, 0.3) is 0 Å². The van der Waals surface area contributed by atoms with Crippen molar-refractivity contribution in [3.63, 3.8) is 0 Å². The van der Waals surface area contributed by atoms with Crippen molar-refractivity contribution in [3.05, 3.63) is 48.6 Å². The van der Waals surface area contributed by atoms with Gasteiger partial charge in [-0.2, -0.15) is 0 Å². The molecule has 0 fully saturated rings. The van der Waals surface area contributed by atoms with E-state index in [1.165, 1.54) is 0 Å². The van der Waals surface area contributed by atoms with E-state index in [2.05, 4.69) is 6.58 Å². The molecule has 0 saturated carbocycles.